The highest BCUT2D eigenvalue weighted by Gasteiger charge is 2.27. The first-order valence-corrected chi connectivity index (χ1v) is 7.55. The van der Waals surface area contributed by atoms with Gasteiger partial charge in [0.1, 0.15) is 0 Å². The van der Waals surface area contributed by atoms with Crippen molar-refractivity contribution in [3.05, 3.63) is 33.8 Å². The van der Waals surface area contributed by atoms with Gasteiger partial charge < -0.3 is 5.73 Å². The molecule has 1 aliphatic carbocycles. The van der Waals surface area contributed by atoms with Crippen molar-refractivity contribution >= 4 is 23.2 Å². The molecular weight excluding hydrogens is 265 g/mol. The van der Waals surface area contributed by atoms with E-state index >= 15 is 0 Å². The summed E-state index contributed by atoms with van der Waals surface area (Å²) in [6, 6.07) is 6.26. The van der Waals surface area contributed by atoms with Gasteiger partial charge in [-0.25, -0.2) is 0 Å². The molecule has 1 saturated carbocycles. The predicted molar refractivity (Wildman–Crippen MR) is 79.3 cm³/mol. The second-order valence-corrected chi connectivity index (χ2v) is 6.28. The van der Waals surface area contributed by atoms with Gasteiger partial charge in [-0.1, -0.05) is 42.6 Å². The number of nitrogens with two attached hydrogens (primary N) is 1. The quantitative estimate of drug-likeness (QED) is 0.857. The van der Waals surface area contributed by atoms with Crippen LogP contribution >= 0.6 is 23.2 Å². The van der Waals surface area contributed by atoms with Crippen LogP contribution < -0.4 is 5.73 Å². The number of hydrogen-bond acceptors (Lipinski definition) is 1. The Bertz CT molecular complexity index is 405. The molecule has 0 aromatic heterocycles. The molecule has 0 saturated heterocycles. The normalized spacial score (nSPS) is 28.3. The van der Waals surface area contributed by atoms with Gasteiger partial charge in [0, 0.05) is 6.04 Å². The van der Waals surface area contributed by atoms with Crippen LogP contribution in [0.25, 0.3) is 0 Å². The Labute approximate surface area is 120 Å². The van der Waals surface area contributed by atoms with Crippen molar-refractivity contribution in [1.82, 2.24) is 0 Å². The lowest BCUT2D eigenvalue weighted by atomic mass is 9.75. The van der Waals surface area contributed by atoms with E-state index in [4.69, 9.17) is 28.9 Å². The monoisotopic (exact) mass is 285 g/mol. The number of benzene rings is 1. The summed E-state index contributed by atoms with van der Waals surface area (Å²) in [5, 5.41) is 1.27. The zero-order valence-corrected chi connectivity index (χ0v) is 12.3. The molecule has 1 aliphatic rings. The lowest BCUT2D eigenvalue weighted by molar-refractivity contribution is 0.227. The van der Waals surface area contributed by atoms with Crippen LogP contribution in [-0.4, -0.2) is 6.04 Å². The summed E-state index contributed by atoms with van der Waals surface area (Å²) in [7, 11) is 0. The van der Waals surface area contributed by atoms with Crippen molar-refractivity contribution in [2.45, 2.75) is 45.1 Å². The standard InChI is InChI=1S/C15H21Cl2N/c1-2-10-4-6-15(18)12(7-10)8-11-3-5-13(16)14(17)9-11/h3,5,9-10,12,15H,2,4,6-8,18H2,1H3. The Morgan fingerprint density at radius 1 is 1.22 bits per heavy atom. The minimum atomic E-state index is 0.335. The molecule has 100 valence electrons. The fourth-order valence-electron chi connectivity index (χ4n) is 2.96. The topological polar surface area (TPSA) is 26.0 Å². The van der Waals surface area contributed by atoms with E-state index < -0.39 is 0 Å². The third-order valence-electron chi connectivity index (χ3n) is 4.21. The van der Waals surface area contributed by atoms with Crippen LogP contribution in [0.5, 0.6) is 0 Å². The van der Waals surface area contributed by atoms with Crippen molar-refractivity contribution < 1.29 is 0 Å². The van der Waals surface area contributed by atoms with E-state index in [0.717, 1.165) is 18.8 Å². The van der Waals surface area contributed by atoms with Gasteiger partial charge in [0.25, 0.3) is 0 Å². The molecule has 3 heteroatoms. The predicted octanol–water partition coefficient (Wildman–Crippen LogP) is 4.69. The van der Waals surface area contributed by atoms with E-state index in [1.165, 1.54) is 24.8 Å². The summed E-state index contributed by atoms with van der Waals surface area (Å²) in [4.78, 5) is 0. The van der Waals surface area contributed by atoms with E-state index in [1.807, 2.05) is 12.1 Å². The van der Waals surface area contributed by atoms with Crippen molar-refractivity contribution in [3.63, 3.8) is 0 Å². The second-order valence-electron chi connectivity index (χ2n) is 5.46. The number of halogens is 2. The summed E-state index contributed by atoms with van der Waals surface area (Å²) in [6.07, 6.45) is 5.98. The molecule has 0 heterocycles. The molecule has 2 N–H and O–H groups in total. The zero-order valence-electron chi connectivity index (χ0n) is 10.8. The smallest absolute Gasteiger partial charge is 0.0595 e. The van der Waals surface area contributed by atoms with Gasteiger partial charge in [-0.15, -0.1) is 0 Å². The Balaban J connectivity index is 2.04. The molecule has 0 amide bonds. The van der Waals surface area contributed by atoms with Crippen LogP contribution in [0.4, 0.5) is 0 Å². The largest absolute Gasteiger partial charge is 0.327 e. The number of hydrogen-bond donors (Lipinski definition) is 1. The van der Waals surface area contributed by atoms with E-state index in [2.05, 4.69) is 13.0 Å². The molecule has 0 bridgehead atoms. The molecule has 1 aromatic rings. The zero-order chi connectivity index (χ0) is 13.1. The fourth-order valence-corrected chi connectivity index (χ4v) is 3.28. The van der Waals surface area contributed by atoms with Crippen LogP contribution in [0.3, 0.4) is 0 Å². The van der Waals surface area contributed by atoms with Gasteiger partial charge >= 0.3 is 0 Å². The van der Waals surface area contributed by atoms with Crippen LogP contribution in [0.15, 0.2) is 18.2 Å². The first-order chi connectivity index (χ1) is 8.60. The van der Waals surface area contributed by atoms with Crippen LogP contribution in [0.1, 0.15) is 38.2 Å². The highest BCUT2D eigenvalue weighted by atomic mass is 35.5. The second kappa shape index (κ2) is 6.27. The van der Waals surface area contributed by atoms with Crippen molar-refractivity contribution in [2.24, 2.45) is 17.6 Å². The molecule has 18 heavy (non-hydrogen) atoms. The molecular formula is C15H21Cl2N. The van der Waals surface area contributed by atoms with Crippen LogP contribution in [-0.2, 0) is 6.42 Å². The molecule has 3 unspecified atom stereocenters. The van der Waals surface area contributed by atoms with Gasteiger partial charge in [0.05, 0.1) is 10.0 Å². The molecule has 2 rings (SSSR count). The molecule has 0 aliphatic heterocycles. The third kappa shape index (κ3) is 3.40. The van der Waals surface area contributed by atoms with Crippen LogP contribution in [0, 0.1) is 11.8 Å². The van der Waals surface area contributed by atoms with Crippen molar-refractivity contribution in [2.75, 3.05) is 0 Å². The van der Waals surface area contributed by atoms with E-state index in [-0.39, 0.29) is 0 Å². The van der Waals surface area contributed by atoms with Crippen molar-refractivity contribution in [3.8, 4) is 0 Å². The summed E-state index contributed by atoms with van der Waals surface area (Å²) >= 11 is 12.0. The average molecular weight is 286 g/mol. The van der Waals surface area contributed by atoms with E-state index in [0.29, 0.717) is 22.0 Å². The van der Waals surface area contributed by atoms with Crippen LogP contribution in [0.2, 0.25) is 10.0 Å². The number of rotatable bonds is 3. The van der Waals surface area contributed by atoms with Gasteiger partial charge in [-0.3, -0.25) is 0 Å². The Morgan fingerprint density at radius 2 is 2.00 bits per heavy atom. The Kier molecular flexibility index (Phi) is 4.94. The summed E-state index contributed by atoms with van der Waals surface area (Å²) < 4.78 is 0. The highest BCUT2D eigenvalue weighted by Crippen LogP contribution is 2.33. The third-order valence-corrected chi connectivity index (χ3v) is 4.95. The molecule has 0 spiro atoms. The minimum Gasteiger partial charge on any atom is -0.327 e. The van der Waals surface area contributed by atoms with Crippen molar-refractivity contribution in [1.29, 1.82) is 0 Å². The summed E-state index contributed by atoms with van der Waals surface area (Å²) in [5.41, 5.74) is 7.50. The van der Waals surface area contributed by atoms with E-state index in [9.17, 15) is 0 Å². The van der Waals surface area contributed by atoms with Gasteiger partial charge in [0.15, 0.2) is 0 Å². The average Bonchev–Trinajstić information content (AvgIpc) is 2.36. The van der Waals surface area contributed by atoms with Gasteiger partial charge in [-0.2, -0.15) is 0 Å². The first-order valence-electron chi connectivity index (χ1n) is 6.79. The fraction of sp³-hybridized carbons (Fsp3) is 0.600. The van der Waals surface area contributed by atoms with E-state index in [1.54, 1.807) is 0 Å². The summed E-state index contributed by atoms with van der Waals surface area (Å²) in [5.74, 6) is 1.43. The SMILES string of the molecule is CCC1CCC(N)C(Cc2ccc(Cl)c(Cl)c2)C1. The lowest BCUT2D eigenvalue weighted by Crippen LogP contribution is -2.37. The lowest BCUT2D eigenvalue weighted by Gasteiger charge is -2.34. The highest BCUT2D eigenvalue weighted by molar-refractivity contribution is 6.42. The molecule has 1 nitrogen and oxygen atoms in total. The maximum Gasteiger partial charge on any atom is 0.0595 e. The van der Waals surface area contributed by atoms with Gasteiger partial charge in [-0.05, 0) is 55.2 Å². The maximum absolute atomic E-state index is 6.25. The molecule has 1 fully saturated rings. The molecule has 0 radical (unpaired) electrons. The Morgan fingerprint density at radius 3 is 2.67 bits per heavy atom. The minimum absolute atomic E-state index is 0.335. The Hall–Kier alpha value is -0.240. The summed E-state index contributed by atoms with van der Waals surface area (Å²) in [6.45, 7) is 2.28. The van der Waals surface area contributed by atoms with Gasteiger partial charge in [0.2, 0.25) is 0 Å². The molecule has 1 aromatic carbocycles. The molecule has 3 atom stereocenters. The maximum atomic E-state index is 6.25. The first kappa shape index (κ1) is 14.2.